The third kappa shape index (κ3) is 6.66. The highest BCUT2D eigenvalue weighted by Crippen LogP contribution is 2.45. The first kappa shape index (κ1) is 21.9. The number of methoxy groups -OCH3 is 1. The number of hydrogen-bond acceptors (Lipinski definition) is 6. The van der Waals surface area contributed by atoms with Gasteiger partial charge in [-0.1, -0.05) is 12.1 Å². The van der Waals surface area contributed by atoms with Gasteiger partial charge in [0, 0.05) is 18.3 Å². The van der Waals surface area contributed by atoms with Gasteiger partial charge in [0.05, 0.1) is 20.1 Å². The van der Waals surface area contributed by atoms with Crippen LogP contribution in [0.1, 0.15) is 58.4 Å². The van der Waals surface area contributed by atoms with E-state index in [1.807, 2.05) is 39.0 Å². The van der Waals surface area contributed by atoms with E-state index in [9.17, 15) is 9.59 Å². The quantitative estimate of drug-likeness (QED) is 0.493. The monoisotopic (exact) mass is 389 g/mol. The predicted octanol–water partition coefficient (Wildman–Crippen LogP) is 4.05. The van der Waals surface area contributed by atoms with Crippen molar-refractivity contribution in [1.29, 1.82) is 0 Å². The topological polar surface area (TPSA) is 74.7 Å². The first-order chi connectivity index (χ1) is 13.2. The lowest BCUT2D eigenvalue weighted by Gasteiger charge is -2.39. The molecule has 1 unspecified atom stereocenters. The van der Waals surface area contributed by atoms with Crippen molar-refractivity contribution < 1.29 is 23.8 Å². The number of esters is 2. The zero-order chi connectivity index (χ0) is 20.7. The van der Waals surface area contributed by atoms with Crippen LogP contribution >= 0.6 is 0 Å². The van der Waals surface area contributed by atoms with Crippen molar-refractivity contribution in [3.63, 3.8) is 0 Å². The number of nitrogens with zero attached hydrogens (tertiary/aromatic N) is 1. The fraction of sp³-hybridized carbons (Fsp3) is 0.591. The van der Waals surface area contributed by atoms with Crippen LogP contribution in [0, 0.1) is 11.8 Å². The van der Waals surface area contributed by atoms with Crippen molar-refractivity contribution in [2.45, 2.75) is 58.5 Å². The Bertz CT molecular complexity index is 684. The average molecular weight is 389 g/mol. The summed E-state index contributed by atoms with van der Waals surface area (Å²) in [5.41, 5.74) is 0.495. The lowest BCUT2D eigenvalue weighted by molar-refractivity contribution is -0.156. The van der Waals surface area contributed by atoms with Gasteiger partial charge in [0.2, 0.25) is 5.88 Å². The molecule has 6 heteroatoms. The van der Waals surface area contributed by atoms with E-state index in [-0.39, 0.29) is 17.9 Å². The molecule has 1 aliphatic rings. The molecule has 0 amide bonds. The first-order valence-electron chi connectivity index (χ1n) is 9.78. The van der Waals surface area contributed by atoms with E-state index in [1.165, 1.54) is 6.08 Å². The molecule has 6 nitrogen and oxygen atoms in total. The Balaban J connectivity index is 2.05. The highest BCUT2D eigenvalue weighted by Gasteiger charge is 2.36. The molecule has 1 aromatic rings. The first-order valence-corrected chi connectivity index (χ1v) is 9.78. The number of aromatic nitrogens is 1. The average Bonchev–Trinajstić information content (AvgIpc) is 2.58. The number of ether oxygens (including phenoxy) is 3. The van der Waals surface area contributed by atoms with Gasteiger partial charge >= 0.3 is 11.9 Å². The second-order valence-corrected chi connectivity index (χ2v) is 8.13. The molecule has 2 rings (SSSR count). The normalized spacial score (nSPS) is 20.3. The van der Waals surface area contributed by atoms with Crippen LogP contribution in [-0.4, -0.2) is 36.2 Å². The maximum Gasteiger partial charge on any atom is 0.330 e. The van der Waals surface area contributed by atoms with Crippen LogP contribution in [0.4, 0.5) is 0 Å². The van der Waals surface area contributed by atoms with Crippen molar-refractivity contribution in [3.05, 3.63) is 36.0 Å². The standard InChI is InChI=1S/C22H31NO5/c1-6-27-20(24)10-7-15-11-17(12-15)18(13-21(25)28-22(2,3)4)16-8-9-19(26-5)23-14-16/h7-10,14-15,17-18H,6,11-13H2,1-5H3. The van der Waals surface area contributed by atoms with Crippen molar-refractivity contribution >= 4 is 11.9 Å². The van der Waals surface area contributed by atoms with Gasteiger partial charge in [0.25, 0.3) is 0 Å². The Morgan fingerprint density at radius 3 is 2.54 bits per heavy atom. The second kappa shape index (κ2) is 9.71. The van der Waals surface area contributed by atoms with E-state index in [0.29, 0.717) is 30.7 Å². The maximum atomic E-state index is 12.4. The van der Waals surface area contributed by atoms with Crippen LogP contribution in [-0.2, 0) is 19.1 Å². The molecule has 0 N–H and O–H groups in total. The largest absolute Gasteiger partial charge is 0.481 e. The van der Waals surface area contributed by atoms with Gasteiger partial charge in [-0.2, -0.15) is 0 Å². The van der Waals surface area contributed by atoms with Crippen LogP contribution in [0.5, 0.6) is 5.88 Å². The van der Waals surface area contributed by atoms with E-state index in [1.54, 1.807) is 20.2 Å². The number of hydrogen-bond donors (Lipinski definition) is 0. The third-order valence-corrected chi connectivity index (χ3v) is 4.77. The Labute approximate surface area is 167 Å². The highest BCUT2D eigenvalue weighted by atomic mass is 16.6. The van der Waals surface area contributed by atoms with Crippen LogP contribution < -0.4 is 4.74 Å². The molecule has 0 saturated heterocycles. The summed E-state index contributed by atoms with van der Waals surface area (Å²) in [6.07, 6.45) is 7.32. The maximum absolute atomic E-state index is 12.4. The SMILES string of the molecule is CCOC(=O)C=CC1CC(C(CC(=O)OC(C)(C)C)c2ccc(OC)nc2)C1. The number of rotatable bonds is 8. The molecule has 1 aromatic heterocycles. The van der Waals surface area contributed by atoms with E-state index in [0.717, 1.165) is 18.4 Å². The zero-order valence-electron chi connectivity index (χ0n) is 17.4. The molecule has 154 valence electrons. The molecule has 0 aliphatic heterocycles. The fourth-order valence-corrected chi connectivity index (χ4v) is 3.45. The molecule has 1 atom stereocenters. The van der Waals surface area contributed by atoms with Gasteiger partial charge in [-0.3, -0.25) is 4.79 Å². The molecular formula is C22H31NO5. The second-order valence-electron chi connectivity index (χ2n) is 8.13. The van der Waals surface area contributed by atoms with E-state index < -0.39 is 5.60 Å². The lowest BCUT2D eigenvalue weighted by atomic mass is 9.66. The van der Waals surface area contributed by atoms with E-state index in [4.69, 9.17) is 14.2 Å². The van der Waals surface area contributed by atoms with Gasteiger partial charge in [0.1, 0.15) is 5.60 Å². The van der Waals surface area contributed by atoms with Crippen molar-refractivity contribution in [2.75, 3.05) is 13.7 Å². The molecule has 1 saturated carbocycles. The van der Waals surface area contributed by atoms with Crippen molar-refractivity contribution in [3.8, 4) is 5.88 Å². The van der Waals surface area contributed by atoms with Crippen LogP contribution in [0.2, 0.25) is 0 Å². The number of pyridine rings is 1. The van der Waals surface area contributed by atoms with Crippen molar-refractivity contribution in [2.24, 2.45) is 11.8 Å². The minimum atomic E-state index is -0.510. The third-order valence-electron chi connectivity index (χ3n) is 4.77. The van der Waals surface area contributed by atoms with Gasteiger partial charge in [0.15, 0.2) is 0 Å². The molecule has 28 heavy (non-hydrogen) atoms. The van der Waals surface area contributed by atoms with Crippen LogP contribution in [0.15, 0.2) is 30.5 Å². The molecule has 0 aromatic carbocycles. The number of carbonyl (C=O) groups excluding carboxylic acids is 2. The minimum absolute atomic E-state index is 0.0282. The molecular weight excluding hydrogens is 358 g/mol. The summed E-state index contributed by atoms with van der Waals surface area (Å²) in [4.78, 5) is 28.2. The van der Waals surface area contributed by atoms with E-state index >= 15 is 0 Å². The van der Waals surface area contributed by atoms with E-state index in [2.05, 4.69) is 4.98 Å². The molecule has 0 radical (unpaired) electrons. The Morgan fingerprint density at radius 2 is 2.00 bits per heavy atom. The smallest absolute Gasteiger partial charge is 0.330 e. The molecule has 1 heterocycles. The number of carbonyl (C=O) groups is 2. The predicted molar refractivity (Wildman–Crippen MR) is 106 cm³/mol. The highest BCUT2D eigenvalue weighted by molar-refractivity contribution is 5.81. The lowest BCUT2D eigenvalue weighted by Crippen LogP contribution is -2.31. The Hall–Kier alpha value is -2.37. The fourth-order valence-electron chi connectivity index (χ4n) is 3.45. The summed E-state index contributed by atoms with van der Waals surface area (Å²) < 4.78 is 15.6. The van der Waals surface area contributed by atoms with Crippen LogP contribution in [0.3, 0.4) is 0 Å². The van der Waals surface area contributed by atoms with Gasteiger partial charge in [-0.15, -0.1) is 0 Å². The Kier molecular flexibility index (Phi) is 7.61. The molecule has 1 fully saturated rings. The molecule has 0 bridgehead atoms. The van der Waals surface area contributed by atoms with Gasteiger partial charge in [-0.25, -0.2) is 9.78 Å². The van der Waals surface area contributed by atoms with Gasteiger partial charge in [-0.05, 0) is 63.9 Å². The van der Waals surface area contributed by atoms with Crippen molar-refractivity contribution in [1.82, 2.24) is 4.98 Å². The summed E-state index contributed by atoms with van der Waals surface area (Å²) in [5.74, 6) is 0.708. The van der Waals surface area contributed by atoms with Gasteiger partial charge < -0.3 is 14.2 Å². The summed E-state index contributed by atoms with van der Waals surface area (Å²) in [7, 11) is 1.58. The number of allylic oxidation sites excluding steroid dienone is 1. The molecule has 1 aliphatic carbocycles. The molecule has 0 spiro atoms. The summed E-state index contributed by atoms with van der Waals surface area (Å²) in [6.45, 7) is 7.77. The summed E-state index contributed by atoms with van der Waals surface area (Å²) in [5, 5.41) is 0. The Morgan fingerprint density at radius 1 is 1.29 bits per heavy atom. The van der Waals surface area contributed by atoms with Crippen LogP contribution in [0.25, 0.3) is 0 Å². The minimum Gasteiger partial charge on any atom is -0.481 e. The summed E-state index contributed by atoms with van der Waals surface area (Å²) in [6, 6.07) is 3.77. The summed E-state index contributed by atoms with van der Waals surface area (Å²) >= 11 is 0. The zero-order valence-corrected chi connectivity index (χ0v) is 17.4.